The molecule has 0 amide bonds. The van der Waals surface area contributed by atoms with Gasteiger partial charge in [-0.05, 0) is 30.0 Å². The number of aryl methyl sites for hydroxylation is 2. The highest BCUT2D eigenvalue weighted by molar-refractivity contribution is 5.54. The van der Waals surface area contributed by atoms with E-state index in [1.165, 1.54) is 16.8 Å². The Hall–Kier alpha value is -0.980. The van der Waals surface area contributed by atoms with Gasteiger partial charge in [0.25, 0.3) is 0 Å². The smallest absolute Gasteiger partial charge is 0.0396 e. The fourth-order valence-corrected chi connectivity index (χ4v) is 1.54. The third-order valence-electron chi connectivity index (χ3n) is 2.42. The van der Waals surface area contributed by atoms with Gasteiger partial charge >= 0.3 is 0 Å². The predicted octanol–water partition coefficient (Wildman–Crippen LogP) is 2.88. The Labute approximate surface area is 81.4 Å². The quantitative estimate of drug-likeness (QED) is 0.686. The monoisotopic (exact) mass is 177 g/mol. The summed E-state index contributed by atoms with van der Waals surface area (Å²) in [7, 11) is 4.21. The van der Waals surface area contributed by atoms with Crippen molar-refractivity contribution >= 4 is 5.69 Å². The first-order valence-electron chi connectivity index (χ1n) is 4.98. The van der Waals surface area contributed by atoms with Crippen molar-refractivity contribution in [2.24, 2.45) is 0 Å². The van der Waals surface area contributed by atoms with Crippen LogP contribution in [0.3, 0.4) is 0 Å². The lowest BCUT2D eigenvalue weighted by atomic mass is 10.0. The van der Waals surface area contributed by atoms with Crippen LogP contribution in [-0.4, -0.2) is 14.1 Å². The molecule has 0 saturated heterocycles. The molecule has 0 aromatic heterocycles. The van der Waals surface area contributed by atoms with Crippen LogP contribution in [0.4, 0.5) is 5.69 Å². The van der Waals surface area contributed by atoms with Crippen LogP contribution in [0.25, 0.3) is 0 Å². The molecule has 0 heterocycles. The van der Waals surface area contributed by atoms with Crippen molar-refractivity contribution in [1.82, 2.24) is 0 Å². The number of nitrogens with zero attached hydrogens (tertiary/aromatic N) is 1. The van der Waals surface area contributed by atoms with E-state index in [1.807, 2.05) is 0 Å². The van der Waals surface area contributed by atoms with Crippen molar-refractivity contribution in [2.45, 2.75) is 26.7 Å². The fraction of sp³-hybridized carbons (Fsp3) is 0.500. The van der Waals surface area contributed by atoms with Crippen LogP contribution in [0.2, 0.25) is 0 Å². The molecule has 0 fully saturated rings. The minimum absolute atomic E-state index is 1.11. The van der Waals surface area contributed by atoms with Gasteiger partial charge in [-0.3, -0.25) is 0 Å². The molecule has 0 N–H and O–H groups in total. The molecule has 1 nitrogen and oxygen atoms in total. The molecule has 13 heavy (non-hydrogen) atoms. The van der Waals surface area contributed by atoms with Crippen molar-refractivity contribution in [1.29, 1.82) is 0 Å². The van der Waals surface area contributed by atoms with Crippen LogP contribution in [-0.2, 0) is 12.8 Å². The first-order valence-corrected chi connectivity index (χ1v) is 4.98. The van der Waals surface area contributed by atoms with E-state index in [0.717, 1.165) is 12.8 Å². The lowest BCUT2D eigenvalue weighted by Crippen LogP contribution is -2.11. The zero-order valence-electron chi connectivity index (χ0n) is 9.09. The molecule has 0 bridgehead atoms. The molecule has 0 aliphatic carbocycles. The van der Waals surface area contributed by atoms with E-state index in [2.05, 4.69) is 51.0 Å². The summed E-state index contributed by atoms with van der Waals surface area (Å²) in [5.74, 6) is 0. The van der Waals surface area contributed by atoms with Crippen LogP contribution in [0.1, 0.15) is 25.0 Å². The maximum atomic E-state index is 2.29. The van der Waals surface area contributed by atoms with Crippen molar-refractivity contribution in [3.8, 4) is 0 Å². The number of hydrogen-bond acceptors (Lipinski definition) is 1. The Morgan fingerprint density at radius 2 is 1.77 bits per heavy atom. The van der Waals surface area contributed by atoms with E-state index < -0.39 is 0 Å². The van der Waals surface area contributed by atoms with Gasteiger partial charge in [-0.15, -0.1) is 0 Å². The average molecular weight is 177 g/mol. The van der Waals surface area contributed by atoms with Crippen LogP contribution < -0.4 is 4.90 Å². The summed E-state index contributed by atoms with van der Waals surface area (Å²) in [6, 6.07) is 6.76. The maximum absolute atomic E-state index is 2.29. The van der Waals surface area contributed by atoms with Gasteiger partial charge in [-0.25, -0.2) is 0 Å². The molecular formula is C12H19N. The highest BCUT2D eigenvalue weighted by atomic mass is 15.1. The molecule has 1 aromatic rings. The number of hydrogen-bond donors (Lipinski definition) is 0. The second-order valence-electron chi connectivity index (χ2n) is 3.56. The first-order chi connectivity index (χ1) is 6.19. The summed E-state index contributed by atoms with van der Waals surface area (Å²) in [5, 5.41) is 0. The highest BCUT2D eigenvalue weighted by Crippen LogP contribution is 2.21. The Balaban J connectivity index is 3.10. The summed E-state index contributed by atoms with van der Waals surface area (Å²) >= 11 is 0. The maximum Gasteiger partial charge on any atom is 0.0396 e. The van der Waals surface area contributed by atoms with Gasteiger partial charge in [0.2, 0.25) is 0 Å². The summed E-state index contributed by atoms with van der Waals surface area (Å²) in [5.41, 5.74) is 4.21. The van der Waals surface area contributed by atoms with Gasteiger partial charge in [0.15, 0.2) is 0 Å². The Morgan fingerprint density at radius 3 is 2.23 bits per heavy atom. The van der Waals surface area contributed by atoms with E-state index >= 15 is 0 Å². The summed E-state index contributed by atoms with van der Waals surface area (Å²) in [4.78, 5) is 2.19. The first kappa shape index (κ1) is 10.1. The molecule has 1 aromatic carbocycles. The van der Waals surface area contributed by atoms with Gasteiger partial charge in [0.05, 0.1) is 0 Å². The Bertz CT molecular complexity index is 276. The average Bonchev–Trinajstić information content (AvgIpc) is 2.16. The number of benzene rings is 1. The molecular weight excluding hydrogens is 158 g/mol. The van der Waals surface area contributed by atoms with Gasteiger partial charge in [-0.1, -0.05) is 26.0 Å². The second kappa shape index (κ2) is 4.31. The van der Waals surface area contributed by atoms with Crippen molar-refractivity contribution in [3.05, 3.63) is 29.3 Å². The lowest BCUT2D eigenvalue weighted by molar-refractivity contribution is 1.04. The molecule has 1 rings (SSSR count). The molecule has 0 aliphatic rings. The van der Waals surface area contributed by atoms with E-state index in [4.69, 9.17) is 0 Å². The molecule has 1 heteroatoms. The van der Waals surface area contributed by atoms with Crippen LogP contribution in [0, 0.1) is 0 Å². The standard InChI is InChI=1S/C12H19N/c1-5-10-7-8-11(6-2)12(9-10)13(3)4/h7-9H,5-6H2,1-4H3. The van der Waals surface area contributed by atoms with Gasteiger partial charge in [-0.2, -0.15) is 0 Å². The number of anilines is 1. The molecule has 72 valence electrons. The van der Waals surface area contributed by atoms with Crippen LogP contribution >= 0.6 is 0 Å². The third kappa shape index (κ3) is 2.24. The SMILES string of the molecule is CCc1ccc(CC)c(N(C)C)c1. The summed E-state index contributed by atoms with van der Waals surface area (Å²) < 4.78 is 0. The zero-order chi connectivity index (χ0) is 9.84. The minimum atomic E-state index is 1.11. The van der Waals surface area contributed by atoms with Gasteiger partial charge < -0.3 is 4.90 Å². The summed E-state index contributed by atoms with van der Waals surface area (Å²) in [6.45, 7) is 4.40. The fourth-order valence-electron chi connectivity index (χ4n) is 1.54. The Kier molecular flexibility index (Phi) is 3.35. The normalized spacial score (nSPS) is 10.2. The van der Waals surface area contributed by atoms with Crippen molar-refractivity contribution in [2.75, 3.05) is 19.0 Å². The predicted molar refractivity (Wildman–Crippen MR) is 59.5 cm³/mol. The molecule has 0 atom stereocenters. The third-order valence-corrected chi connectivity index (χ3v) is 2.42. The van der Waals surface area contributed by atoms with Gasteiger partial charge in [0.1, 0.15) is 0 Å². The number of rotatable bonds is 3. The molecule has 0 spiro atoms. The van der Waals surface area contributed by atoms with E-state index in [-0.39, 0.29) is 0 Å². The second-order valence-corrected chi connectivity index (χ2v) is 3.56. The van der Waals surface area contributed by atoms with E-state index in [9.17, 15) is 0 Å². The van der Waals surface area contributed by atoms with Gasteiger partial charge in [0, 0.05) is 19.8 Å². The molecule has 0 saturated carbocycles. The van der Waals surface area contributed by atoms with E-state index in [1.54, 1.807) is 0 Å². The van der Waals surface area contributed by atoms with E-state index in [0.29, 0.717) is 0 Å². The van der Waals surface area contributed by atoms with Crippen molar-refractivity contribution < 1.29 is 0 Å². The minimum Gasteiger partial charge on any atom is -0.377 e. The lowest BCUT2D eigenvalue weighted by Gasteiger charge is -2.17. The zero-order valence-corrected chi connectivity index (χ0v) is 9.09. The molecule has 0 aliphatic heterocycles. The van der Waals surface area contributed by atoms with Crippen molar-refractivity contribution in [3.63, 3.8) is 0 Å². The van der Waals surface area contributed by atoms with Crippen LogP contribution in [0.5, 0.6) is 0 Å². The molecule has 0 unspecified atom stereocenters. The Morgan fingerprint density at radius 1 is 1.08 bits per heavy atom. The highest BCUT2D eigenvalue weighted by Gasteiger charge is 2.02. The van der Waals surface area contributed by atoms with Crippen LogP contribution in [0.15, 0.2) is 18.2 Å². The molecule has 0 radical (unpaired) electrons. The topological polar surface area (TPSA) is 3.24 Å². The largest absolute Gasteiger partial charge is 0.377 e. The summed E-state index contributed by atoms with van der Waals surface area (Å²) in [6.07, 6.45) is 2.22.